The molecule has 0 aliphatic rings. The van der Waals surface area contributed by atoms with Gasteiger partial charge in [0.25, 0.3) is 0 Å². The van der Waals surface area contributed by atoms with Gasteiger partial charge in [-0.25, -0.2) is 0 Å². The average Bonchev–Trinajstić information content (AvgIpc) is 2.67. The summed E-state index contributed by atoms with van der Waals surface area (Å²) in [6, 6.07) is 27.4. The van der Waals surface area contributed by atoms with Crippen molar-refractivity contribution in [1.82, 2.24) is 0 Å². The first kappa shape index (κ1) is 16.3. The van der Waals surface area contributed by atoms with Gasteiger partial charge in [-0.2, -0.15) is 0 Å². The molecule has 0 aromatic heterocycles. The van der Waals surface area contributed by atoms with E-state index < -0.39 is 0 Å². The van der Waals surface area contributed by atoms with E-state index in [1.54, 1.807) is 0 Å². The summed E-state index contributed by atoms with van der Waals surface area (Å²) in [7, 11) is 0. The second kappa shape index (κ2) is 7.83. The SMILES string of the molecule is CCC(C)c1cccc(COc2ccc(-c3ccccc3)cc2)c1. The molecule has 1 nitrogen and oxygen atoms in total. The van der Waals surface area contributed by atoms with Crippen LogP contribution < -0.4 is 4.74 Å². The number of rotatable bonds is 6. The van der Waals surface area contributed by atoms with Crippen LogP contribution in [-0.2, 0) is 6.61 Å². The van der Waals surface area contributed by atoms with Crippen molar-refractivity contribution in [2.45, 2.75) is 32.8 Å². The molecule has 0 radical (unpaired) electrons. The molecule has 0 fully saturated rings. The second-order valence-corrected chi connectivity index (χ2v) is 6.23. The zero-order valence-electron chi connectivity index (χ0n) is 14.4. The Morgan fingerprint density at radius 2 is 1.50 bits per heavy atom. The number of hydrogen-bond acceptors (Lipinski definition) is 1. The number of ether oxygens (including phenoxy) is 1. The third-order valence-corrected chi connectivity index (χ3v) is 4.50. The Labute approximate surface area is 144 Å². The molecule has 1 unspecified atom stereocenters. The van der Waals surface area contributed by atoms with Crippen LogP contribution in [0.4, 0.5) is 0 Å². The molecule has 0 saturated heterocycles. The summed E-state index contributed by atoms with van der Waals surface area (Å²) in [4.78, 5) is 0. The molecule has 0 spiro atoms. The Kier molecular flexibility index (Phi) is 5.32. The molecule has 122 valence electrons. The molecule has 0 amide bonds. The molecule has 3 aromatic carbocycles. The van der Waals surface area contributed by atoms with Gasteiger partial charge in [0, 0.05) is 0 Å². The normalized spacial score (nSPS) is 11.9. The Hall–Kier alpha value is -2.54. The number of benzene rings is 3. The summed E-state index contributed by atoms with van der Waals surface area (Å²) < 4.78 is 5.95. The summed E-state index contributed by atoms with van der Waals surface area (Å²) in [5.74, 6) is 1.50. The Balaban J connectivity index is 1.65. The van der Waals surface area contributed by atoms with Crippen LogP contribution in [0.2, 0.25) is 0 Å². The van der Waals surface area contributed by atoms with Crippen molar-refractivity contribution in [3.8, 4) is 16.9 Å². The molecule has 0 N–H and O–H groups in total. The molecular formula is C23H24O. The van der Waals surface area contributed by atoms with Crippen LogP contribution in [0.3, 0.4) is 0 Å². The summed E-state index contributed by atoms with van der Waals surface area (Å²) in [6.45, 7) is 5.10. The molecule has 0 saturated carbocycles. The fourth-order valence-corrected chi connectivity index (χ4v) is 2.77. The van der Waals surface area contributed by atoms with Gasteiger partial charge < -0.3 is 4.74 Å². The van der Waals surface area contributed by atoms with Crippen LogP contribution in [-0.4, -0.2) is 0 Å². The maximum absolute atomic E-state index is 5.95. The van der Waals surface area contributed by atoms with Gasteiger partial charge in [-0.05, 0) is 46.7 Å². The van der Waals surface area contributed by atoms with E-state index in [1.807, 2.05) is 18.2 Å². The first-order valence-electron chi connectivity index (χ1n) is 8.63. The van der Waals surface area contributed by atoms with Crippen LogP contribution in [0, 0.1) is 0 Å². The van der Waals surface area contributed by atoms with E-state index in [-0.39, 0.29) is 0 Å². The van der Waals surface area contributed by atoms with Crippen molar-refractivity contribution in [2.24, 2.45) is 0 Å². The molecule has 3 aromatic rings. The highest BCUT2D eigenvalue weighted by Crippen LogP contribution is 2.23. The Morgan fingerprint density at radius 1 is 0.792 bits per heavy atom. The van der Waals surface area contributed by atoms with Gasteiger partial charge in [0.2, 0.25) is 0 Å². The van der Waals surface area contributed by atoms with Crippen molar-refractivity contribution in [3.05, 3.63) is 90.0 Å². The van der Waals surface area contributed by atoms with E-state index in [0.29, 0.717) is 12.5 Å². The Bertz CT molecular complexity index is 760. The average molecular weight is 316 g/mol. The lowest BCUT2D eigenvalue weighted by Gasteiger charge is -2.12. The van der Waals surface area contributed by atoms with Gasteiger partial charge in [0.15, 0.2) is 0 Å². The third kappa shape index (κ3) is 4.05. The predicted molar refractivity (Wildman–Crippen MR) is 101 cm³/mol. The van der Waals surface area contributed by atoms with E-state index >= 15 is 0 Å². The maximum atomic E-state index is 5.95. The van der Waals surface area contributed by atoms with Crippen molar-refractivity contribution < 1.29 is 4.74 Å². The van der Waals surface area contributed by atoms with Crippen molar-refractivity contribution in [3.63, 3.8) is 0 Å². The molecule has 24 heavy (non-hydrogen) atoms. The van der Waals surface area contributed by atoms with Gasteiger partial charge in [-0.15, -0.1) is 0 Å². The van der Waals surface area contributed by atoms with E-state index in [4.69, 9.17) is 4.74 Å². The lowest BCUT2D eigenvalue weighted by molar-refractivity contribution is 0.306. The predicted octanol–water partition coefficient (Wildman–Crippen LogP) is 6.45. The summed E-state index contributed by atoms with van der Waals surface area (Å²) in [5.41, 5.74) is 5.05. The first-order valence-corrected chi connectivity index (χ1v) is 8.63. The zero-order valence-corrected chi connectivity index (χ0v) is 14.4. The van der Waals surface area contributed by atoms with Gasteiger partial charge in [0.1, 0.15) is 12.4 Å². The lowest BCUT2D eigenvalue weighted by atomic mass is 9.97. The smallest absolute Gasteiger partial charge is 0.119 e. The molecule has 1 heteroatoms. The molecule has 3 rings (SSSR count). The van der Waals surface area contributed by atoms with Crippen LogP contribution in [0.1, 0.15) is 37.3 Å². The topological polar surface area (TPSA) is 9.23 Å². The molecule has 1 atom stereocenters. The van der Waals surface area contributed by atoms with Crippen LogP contribution in [0.25, 0.3) is 11.1 Å². The van der Waals surface area contributed by atoms with E-state index in [2.05, 4.69) is 74.5 Å². The minimum atomic E-state index is 0.593. The minimum absolute atomic E-state index is 0.593. The fraction of sp³-hybridized carbons (Fsp3) is 0.217. The quantitative estimate of drug-likeness (QED) is 0.508. The first-order chi connectivity index (χ1) is 11.8. The van der Waals surface area contributed by atoms with E-state index in [1.165, 1.54) is 22.3 Å². The minimum Gasteiger partial charge on any atom is -0.489 e. The highest BCUT2D eigenvalue weighted by atomic mass is 16.5. The molecule has 0 heterocycles. The largest absolute Gasteiger partial charge is 0.489 e. The van der Waals surface area contributed by atoms with Gasteiger partial charge in [-0.1, -0.05) is 80.6 Å². The zero-order chi connectivity index (χ0) is 16.8. The van der Waals surface area contributed by atoms with Crippen LogP contribution >= 0.6 is 0 Å². The van der Waals surface area contributed by atoms with Crippen molar-refractivity contribution in [2.75, 3.05) is 0 Å². The lowest BCUT2D eigenvalue weighted by Crippen LogP contribution is -1.98. The molecule has 0 aliphatic carbocycles. The van der Waals surface area contributed by atoms with E-state index in [0.717, 1.165) is 12.2 Å². The Morgan fingerprint density at radius 3 is 2.21 bits per heavy atom. The van der Waals surface area contributed by atoms with Gasteiger partial charge >= 0.3 is 0 Å². The highest BCUT2D eigenvalue weighted by molar-refractivity contribution is 5.63. The van der Waals surface area contributed by atoms with E-state index in [9.17, 15) is 0 Å². The molecular weight excluding hydrogens is 292 g/mol. The fourth-order valence-electron chi connectivity index (χ4n) is 2.77. The van der Waals surface area contributed by atoms with Gasteiger partial charge in [0.05, 0.1) is 0 Å². The summed E-state index contributed by atoms with van der Waals surface area (Å²) in [5, 5.41) is 0. The monoisotopic (exact) mass is 316 g/mol. The maximum Gasteiger partial charge on any atom is 0.119 e. The summed E-state index contributed by atoms with van der Waals surface area (Å²) >= 11 is 0. The highest BCUT2D eigenvalue weighted by Gasteiger charge is 2.04. The second-order valence-electron chi connectivity index (χ2n) is 6.23. The van der Waals surface area contributed by atoms with Gasteiger partial charge in [-0.3, -0.25) is 0 Å². The standard InChI is InChI=1S/C23H24O/c1-3-18(2)22-11-7-8-19(16-22)17-24-23-14-12-21(13-15-23)20-9-5-4-6-10-20/h4-16,18H,3,17H2,1-2H3. The van der Waals surface area contributed by atoms with Crippen molar-refractivity contribution >= 4 is 0 Å². The van der Waals surface area contributed by atoms with Crippen molar-refractivity contribution in [1.29, 1.82) is 0 Å². The number of hydrogen-bond donors (Lipinski definition) is 0. The summed E-state index contributed by atoms with van der Waals surface area (Å²) in [6.07, 6.45) is 1.16. The molecule has 0 bridgehead atoms. The third-order valence-electron chi connectivity index (χ3n) is 4.50. The van der Waals surface area contributed by atoms with Crippen LogP contribution in [0.5, 0.6) is 5.75 Å². The van der Waals surface area contributed by atoms with Crippen LogP contribution in [0.15, 0.2) is 78.9 Å². The molecule has 0 aliphatic heterocycles.